The highest BCUT2D eigenvalue weighted by Crippen LogP contribution is 2.20. The number of hydrogen-bond donors (Lipinski definition) is 2. The van der Waals surface area contributed by atoms with Crippen molar-refractivity contribution in [2.45, 2.75) is 19.9 Å². The molecular weight excluding hydrogens is 252 g/mol. The minimum absolute atomic E-state index is 0.145. The van der Waals surface area contributed by atoms with Crippen LogP contribution in [-0.4, -0.2) is 23.6 Å². The molecule has 0 radical (unpaired) electrons. The summed E-state index contributed by atoms with van der Waals surface area (Å²) in [5, 5.41) is 6.49. The first-order valence-corrected chi connectivity index (χ1v) is 6.69. The van der Waals surface area contributed by atoms with Crippen molar-refractivity contribution in [3.05, 3.63) is 42.2 Å². The summed E-state index contributed by atoms with van der Waals surface area (Å²) < 4.78 is 5.16. The van der Waals surface area contributed by atoms with Crippen molar-refractivity contribution < 1.29 is 4.74 Å². The molecule has 0 saturated carbocycles. The molecule has 0 fully saturated rings. The van der Waals surface area contributed by atoms with Crippen LogP contribution in [0.3, 0.4) is 0 Å². The van der Waals surface area contributed by atoms with Gasteiger partial charge in [-0.25, -0.2) is 4.98 Å². The minimum Gasteiger partial charge on any atom is -0.497 e. The van der Waals surface area contributed by atoms with Crippen molar-refractivity contribution >= 4 is 11.6 Å². The molecule has 20 heavy (non-hydrogen) atoms. The maximum Gasteiger partial charge on any atom is 0.147 e. The predicted molar refractivity (Wildman–Crippen MR) is 81.2 cm³/mol. The fourth-order valence-corrected chi connectivity index (χ4v) is 1.90. The maximum atomic E-state index is 5.16. The number of anilines is 2. The number of hydrogen-bond acceptors (Lipinski definition) is 5. The molecule has 5 nitrogen and oxygen atoms in total. The first kappa shape index (κ1) is 14.1. The SMILES string of the molecule is CCNc1cncc(NC(C)c2ccc(OC)cc2)n1. The van der Waals surface area contributed by atoms with Crippen molar-refractivity contribution in [3.63, 3.8) is 0 Å². The van der Waals surface area contributed by atoms with E-state index in [2.05, 4.69) is 27.5 Å². The molecule has 2 rings (SSSR count). The monoisotopic (exact) mass is 272 g/mol. The molecule has 1 heterocycles. The smallest absolute Gasteiger partial charge is 0.147 e. The van der Waals surface area contributed by atoms with Crippen LogP contribution in [-0.2, 0) is 0 Å². The molecule has 2 N–H and O–H groups in total. The Labute approximate surface area is 119 Å². The maximum absolute atomic E-state index is 5.16. The summed E-state index contributed by atoms with van der Waals surface area (Å²) in [6, 6.07) is 8.13. The molecule has 5 heteroatoms. The topological polar surface area (TPSA) is 59.1 Å². The molecule has 1 aromatic carbocycles. The molecule has 0 spiro atoms. The highest BCUT2D eigenvalue weighted by Gasteiger charge is 2.07. The summed E-state index contributed by atoms with van der Waals surface area (Å²) in [4.78, 5) is 8.62. The number of nitrogens with one attached hydrogen (secondary N) is 2. The van der Waals surface area contributed by atoms with Crippen LogP contribution < -0.4 is 15.4 Å². The molecule has 1 atom stereocenters. The Bertz CT molecular complexity index is 542. The molecule has 0 aliphatic carbocycles. The molecule has 0 bridgehead atoms. The van der Waals surface area contributed by atoms with E-state index in [0.717, 1.165) is 23.9 Å². The second kappa shape index (κ2) is 6.75. The van der Waals surface area contributed by atoms with Crippen LogP contribution >= 0.6 is 0 Å². The van der Waals surface area contributed by atoms with Gasteiger partial charge in [-0.15, -0.1) is 0 Å². The molecule has 106 valence electrons. The van der Waals surface area contributed by atoms with E-state index in [1.807, 2.05) is 31.2 Å². The highest BCUT2D eigenvalue weighted by molar-refractivity contribution is 5.43. The van der Waals surface area contributed by atoms with Gasteiger partial charge in [-0.1, -0.05) is 12.1 Å². The average Bonchev–Trinajstić information content (AvgIpc) is 2.48. The molecule has 1 unspecified atom stereocenters. The Kier molecular flexibility index (Phi) is 4.76. The number of aromatic nitrogens is 2. The lowest BCUT2D eigenvalue weighted by Gasteiger charge is -2.15. The van der Waals surface area contributed by atoms with E-state index in [0.29, 0.717) is 0 Å². The van der Waals surface area contributed by atoms with Crippen LogP contribution in [0, 0.1) is 0 Å². The summed E-state index contributed by atoms with van der Waals surface area (Å²) in [5.74, 6) is 2.39. The average molecular weight is 272 g/mol. The van der Waals surface area contributed by atoms with Crippen LogP contribution in [0.4, 0.5) is 11.6 Å². The zero-order chi connectivity index (χ0) is 14.4. The van der Waals surface area contributed by atoms with Gasteiger partial charge in [0.15, 0.2) is 0 Å². The van der Waals surface area contributed by atoms with Gasteiger partial charge in [0, 0.05) is 12.6 Å². The van der Waals surface area contributed by atoms with Gasteiger partial charge in [0.05, 0.1) is 19.5 Å². The van der Waals surface area contributed by atoms with E-state index in [-0.39, 0.29) is 6.04 Å². The first-order valence-electron chi connectivity index (χ1n) is 6.69. The number of ether oxygens (including phenoxy) is 1. The molecule has 0 saturated heterocycles. The summed E-state index contributed by atoms with van der Waals surface area (Å²) in [7, 11) is 1.67. The fourth-order valence-electron chi connectivity index (χ4n) is 1.90. The van der Waals surface area contributed by atoms with Gasteiger partial charge >= 0.3 is 0 Å². The highest BCUT2D eigenvalue weighted by atomic mass is 16.5. The van der Waals surface area contributed by atoms with Gasteiger partial charge in [0.2, 0.25) is 0 Å². The van der Waals surface area contributed by atoms with Gasteiger partial charge in [0.25, 0.3) is 0 Å². The normalized spacial score (nSPS) is 11.8. The largest absolute Gasteiger partial charge is 0.497 e. The van der Waals surface area contributed by atoms with Crippen LogP contribution in [0.2, 0.25) is 0 Å². The summed E-state index contributed by atoms with van der Waals surface area (Å²) >= 11 is 0. The fraction of sp³-hybridized carbons (Fsp3) is 0.333. The summed E-state index contributed by atoms with van der Waals surface area (Å²) in [6.45, 7) is 4.94. The van der Waals surface area contributed by atoms with Crippen LogP contribution in [0.15, 0.2) is 36.7 Å². The number of rotatable bonds is 6. The lowest BCUT2D eigenvalue weighted by molar-refractivity contribution is 0.414. The van der Waals surface area contributed by atoms with Gasteiger partial charge < -0.3 is 15.4 Å². The second-order valence-electron chi connectivity index (χ2n) is 4.46. The van der Waals surface area contributed by atoms with Gasteiger partial charge in [-0.2, -0.15) is 0 Å². The van der Waals surface area contributed by atoms with E-state index in [1.54, 1.807) is 19.5 Å². The Hall–Kier alpha value is -2.30. The third-order valence-corrected chi connectivity index (χ3v) is 2.97. The van der Waals surface area contributed by atoms with Gasteiger partial charge in [-0.3, -0.25) is 4.98 Å². The zero-order valence-electron chi connectivity index (χ0n) is 12.1. The molecule has 0 amide bonds. The van der Waals surface area contributed by atoms with Crippen molar-refractivity contribution in [1.29, 1.82) is 0 Å². The first-order chi connectivity index (χ1) is 9.72. The third kappa shape index (κ3) is 3.60. The van der Waals surface area contributed by atoms with Crippen LogP contribution in [0.5, 0.6) is 5.75 Å². The van der Waals surface area contributed by atoms with Crippen LogP contribution in [0.1, 0.15) is 25.5 Å². The number of nitrogens with zero attached hydrogens (tertiary/aromatic N) is 2. The zero-order valence-corrected chi connectivity index (χ0v) is 12.1. The van der Waals surface area contributed by atoms with Gasteiger partial charge in [0.1, 0.15) is 17.4 Å². The Morgan fingerprint density at radius 1 is 1.15 bits per heavy atom. The van der Waals surface area contributed by atoms with E-state index < -0.39 is 0 Å². The molecule has 2 aromatic rings. The quantitative estimate of drug-likeness (QED) is 0.846. The third-order valence-electron chi connectivity index (χ3n) is 2.97. The van der Waals surface area contributed by atoms with E-state index in [1.165, 1.54) is 5.56 Å². The molecule has 0 aliphatic heterocycles. The standard InChI is InChI=1S/C15H20N4O/c1-4-17-14-9-16-10-15(19-14)18-11(2)12-5-7-13(20-3)8-6-12/h5-11H,4H2,1-3H3,(H2,17,18,19). The summed E-state index contributed by atoms with van der Waals surface area (Å²) in [6.07, 6.45) is 3.44. The number of methoxy groups -OCH3 is 1. The lowest BCUT2D eigenvalue weighted by atomic mass is 10.1. The second-order valence-corrected chi connectivity index (χ2v) is 4.46. The number of benzene rings is 1. The van der Waals surface area contributed by atoms with Crippen molar-refractivity contribution in [1.82, 2.24) is 9.97 Å². The van der Waals surface area contributed by atoms with Crippen molar-refractivity contribution in [2.24, 2.45) is 0 Å². The van der Waals surface area contributed by atoms with Crippen LogP contribution in [0.25, 0.3) is 0 Å². The molecule has 1 aromatic heterocycles. The lowest BCUT2D eigenvalue weighted by Crippen LogP contribution is -2.09. The molecule has 0 aliphatic rings. The molecular formula is C15H20N4O. The van der Waals surface area contributed by atoms with Crippen molar-refractivity contribution in [3.8, 4) is 5.75 Å². The van der Waals surface area contributed by atoms with E-state index in [9.17, 15) is 0 Å². The minimum atomic E-state index is 0.145. The van der Waals surface area contributed by atoms with E-state index in [4.69, 9.17) is 4.74 Å². The Morgan fingerprint density at radius 3 is 2.50 bits per heavy atom. The van der Waals surface area contributed by atoms with Crippen molar-refractivity contribution in [2.75, 3.05) is 24.3 Å². The van der Waals surface area contributed by atoms with Gasteiger partial charge in [-0.05, 0) is 31.5 Å². The predicted octanol–water partition coefficient (Wildman–Crippen LogP) is 3.09. The van der Waals surface area contributed by atoms with E-state index >= 15 is 0 Å². The Balaban J connectivity index is 2.06. The Morgan fingerprint density at radius 2 is 1.85 bits per heavy atom. The summed E-state index contributed by atoms with van der Waals surface area (Å²) in [5.41, 5.74) is 1.17.